The molecule has 1 aliphatic rings. The Morgan fingerprint density at radius 1 is 1.33 bits per heavy atom. The van der Waals surface area contributed by atoms with Crippen molar-refractivity contribution in [3.63, 3.8) is 0 Å². The van der Waals surface area contributed by atoms with Gasteiger partial charge < -0.3 is 14.9 Å². The number of carboxylic acid groups (broad SMARTS) is 1. The van der Waals surface area contributed by atoms with Crippen LogP contribution in [0.1, 0.15) is 23.2 Å². The molecule has 0 spiro atoms. The van der Waals surface area contributed by atoms with Crippen LogP contribution in [-0.4, -0.2) is 49.7 Å². The number of anilines is 1. The molecule has 21 heavy (non-hydrogen) atoms. The van der Waals surface area contributed by atoms with E-state index >= 15 is 0 Å². The van der Waals surface area contributed by atoms with Crippen molar-refractivity contribution in [2.75, 3.05) is 38.6 Å². The topological polar surface area (TPSA) is 43.8 Å². The number of halogens is 2. The summed E-state index contributed by atoms with van der Waals surface area (Å²) >= 11 is 0. The summed E-state index contributed by atoms with van der Waals surface area (Å²) in [6.45, 7) is 2.65. The summed E-state index contributed by atoms with van der Waals surface area (Å²) in [6.07, 6.45) is 2.05. The van der Waals surface area contributed by atoms with E-state index < -0.39 is 23.2 Å². The first-order chi connectivity index (χ1) is 9.90. The average Bonchev–Trinajstić information content (AvgIpc) is 2.43. The maximum atomic E-state index is 14.0. The predicted molar refractivity (Wildman–Crippen MR) is 76.8 cm³/mol. The van der Waals surface area contributed by atoms with E-state index in [1.807, 2.05) is 0 Å². The summed E-state index contributed by atoms with van der Waals surface area (Å²) in [6, 6.07) is 2.44. The van der Waals surface area contributed by atoms with Gasteiger partial charge in [-0.1, -0.05) is 0 Å². The molecule has 2 rings (SSSR count). The fraction of sp³-hybridized carbons (Fsp3) is 0.533. The van der Waals surface area contributed by atoms with Crippen LogP contribution in [0.25, 0.3) is 0 Å². The number of hydrogen-bond donors (Lipinski definition) is 1. The number of likely N-dealkylation sites (tertiary alicyclic amines) is 1. The third-order valence-corrected chi connectivity index (χ3v) is 4.07. The van der Waals surface area contributed by atoms with Crippen molar-refractivity contribution in [2.24, 2.45) is 5.92 Å². The monoisotopic (exact) mass is 298 g/mol. The highest BCUT2D eigenvalue weighted by atomic mass is 19.2. The maximum absolute atomic E-state index is 14.0. The van der Waals surface area contributed by atoms with Gasteiger partial charge in [0.1, 0.15) is 0 Å². The van der Waals surface area contributed by atoms with Crippen LogP contribution >= 0.6 is 0 Å². The zero-order valence-electron chi connectivity index (χ0n) is 12.3. The molecule has 0 amide bonds. The summed E-state index contributed by atoms with van der Waals surface area (Å²) in [4.78, 5) is 14.7. The molecule has 0 aliphatic carbocycles. The van der Waals surface area contributed by atoms with Crippen LogP contribution in [-0.2, 0) is 0 Å². The summed E-state index contributed by atoms with van der Waals surface area (Å²) in [5.74, 6) is -3.41. The van der Waals surface area contributed by atoms with E-state index in [0.29, 0.717) is 12.5 Å². The number of hydrogen-bond acceptors (Lipinski definition) is 3. The minimum Gasteiger partial charge on any atom is -0.478 e. The Labute approximate surface area is 123 Å². The molecule has 6 heteroatoms. The molecule has 0 aromatic heterocycles. The van der Waals surface area contributed by atoms with E-state index in [2.05, 4.69) is 11.9 Å². The lowest BCUT2D eigenvalue weighted by atomic mass is 9.96. The second-order valence-corrected chi connectivity index (χ2v) is 5.69. The van der Waals surface area contributed by atoms with Gasteiger partial charge in [-0.3, -0.25) is 0 Å². The molecule has 1 aromatic carbocycles. The highest BCUT2D eigenvalue weighted by molar-refractivity contribution is 5.88. The fourth-order valence-corrected chi connectivity index (χ4v) is 2.73. The fourth-order valence-electron chi connectivity index (χ4n) is 2.73. The van der Waals surface area contributed by atoms with Crippen LogP contribution in [0.4, 0.5) is 14.5 Å². The smallest absolute Gasteiger partial charge is 0.338 e. The van der Waals surface area contributed by atoms with Crippen LogP contribution in [0.5, 0.6) is 0 Å². The average molecular weight is 298 g/mol. The summed E-state index contributed by atoms with van der Waals surface area (Å²) in [5, 5.41) is 8.78. The van der Waals surface area contributed by atoms with E-state index in [-0.39, 0.29) is 5.69 Å². The minimum absolute atomic E-state index is 0.108. The molecule has 1 saturated heterocycles. The zero-order chi connectivity index (χ0) is 15.6. The molecule has 1 N–H and O–H groups in total. The Hall–Kier alpha value is -1.69. The van der Waals surface area contributed by atoms with Crippen molar-refractivity contribution in [1.29, 1.82) is 0 Å². The Bertz CT molecular complexity index is 529. The van der Waals surface area contributed by atoms with E-state index in [1.165, 1.54) is 6.07 Å². The number of carboxylic acids is 1. The van der Waals surface area contributed by atoms with Crippen molar-refractivity contribution in [3.05, 3.63) is 29.3 Å². The lowest BCUT2D eigenvalue weighted by Crippen LogP contribution is -2.36. The molecule has 1 fully saturated rings. The molecule has 0 radical (unpaired) electrons. The Kier molecular flexibility index (Phi) is 4.77. The number of nitrogens with zero attached hydrogens (tertiary/aromatic N) is 2. The van der Waals surface area contributed by atoms with E-state index in [9.17, 15) is 13.6 Å². The van der Waals surface area contributed by atoms with Crippen LogP contribution in [0.3, 0.4) is 0 Å². The molecular formula is C15H20F2N2O2. The minimum atomic E-state index is -1.46. The van der Waals surface area contributed by atoms with E-state index in [1.54, 1.807) is 11.9 Å². The SMILES string of the molecule is CN1CCC(CN(C)c2ccc(C(=O)O)c(F)c2F)CC1. The number of piperidine rings is 1. The van der Waals surface area contributed by atoms with Crippen molar-refractivity contribution >= 4 is 11.7 Å². The van der Waals surface area contributed by atoms with Crippen molar-refractivity contribution in [1.82, 2.24) is 4.90 Å². The first-order valence-corrected chi connectivity index (χ1v) is 7.01. The predicted octanol–water partition coefficient (Wildman–Crippen LogP) is 2.44. The third-order valence-electron chi connectivity index (χ3n) is 4.07. The quantitative estimate of drug-likeness (QED) is 0.927. The summed E-state index contributed by atoms with van der Waals surface area (Å²) in [5.41, 5.74) is -0.527. The van der Waals surface area contributed by atoms with Gasteiger partial charge in [0.25, 0.3) is 0 Å². The van der Waals surface area contributed by atoms with Crippen LogP contribution in [0, 0.1) is 17.6 Å². The number of carbonyl (C=O) groups is 1. The molecule has 4 nitrogen and oxygen atoms in total. The van der Waals surface area contributed by atoms with Crippen LogP contribution < -0.4 is 4.90 Å². The lowest BCUT2D eigenvalue weighted by Gasteiger charge is -2.32. The highest BCUT2D eigenvalue weighted by Crippen LogP contribution is 2.26. The Balaban J connectivity index is 2.11. The van der Waals surface area contributed by atoms with Gasteiger partial charge >= 0.3 is 5.97 Å². The van der Waals surface area contributed by atoms with Gasteiger partial charge in [-0.2, -0.15) is 0 Å². The van der Waals surface area contributed by atoms with Crippen LogP contribution in [0.2, 0.25) is 0 Å². The van der Waals surface area contributed by atoms with Gasteiger partial charge in [0.15, 0.2) is 11.6 Å². The first kappa shape index (κ1) is 15.7. The molecule has 1 aromatic rings. The second-order valence-electron chi connectivity index (χ2n) is 5.69. The zero-order valence-corrected chi connectivity index (χ0v) is 12.3. The van der Waals surface area contributed by atoms with E-state index in [4.69, 9.17) is 5.11 Å². The maximum Gasteiger partial charge on any atom is 0.338 e. The van der Waals surface area contributed by atoms with Gasteiger partial charge in [-0.15, -0.1) is 0 Å². The summed E-state index contributed by atoms with van der Waals surface area (Å²) < 4.78 is 27.7. The van der Waals surface area contributed by atoms with Crippen LogP contribution in [0.15, 0.2) is 12.1 Å². The first-order valence-electron chi connectivity index (χ1n) is 7.01. The van der Waals surface area contributed by atoms with Gasteiger partial charge in [-0.05, 0) is 51.0 Å². The largest absolute Gasteiger partial charge is 0.478 e. The van der Waals surface area contributed by atoms with Crippen molar-refractivity contribution < 1.29 is 18.7 Å². The molecule has 1 aliphatic heterocycles. The number of benzene rings is 1. The third kappa shape index (κ3) is 3.50. The standard InChI is InChI=1S/C15H20F2N2O2/c1-18-7-5-10(6-8-18)9-19(2)12-4-3-11(15(20)21)13(16)14(12)17/h3-4,10H,5-9H2,1-2H3,(H,20,21). The second kappa shape index (κ2) is 6.39. The molecule has 0 saturated carbocycles. The number of aromatic carboxylic acids is 1. The highest BCUT2D eigenvalue weighted by Gasteiger charge is 2.23. The van der Waals surface area contributed by atoms with E-state index in [0.717, 1.165) is 32.0 Å². The Morgan fingerprint density at radius 3 is 2.52 bits per heavy atom. The molecule has 116 valence electrons. The van der Waals surface area contributed by atoms with Gasteiger partial charge in [0.2, 0.25) is 0 Å². The number of rotatable bonds is 4. The summed E-state index contributed by atoms with van der Waals surface area (Å²) in [7, 11) is 3.77. The molecule has 1 heterocycles. The molecule has 0 unspecified atom stereocenters. The lowest BCUT2D eigenvalue weighted by molar-refractivity contribution is 0.0690. The van der Waals surface area contributed by atoms with Crippen molar-refractivity contribution in [2.45, 2.75) is 12.8 Å². The molecule has 0 atom stereocenters. The normalized spacial score (nSPS) is 17.0. The van der Waals surface area contributed by atoms with Gasteiger partial charge in [0.05, 0.1) is 11.3 Å². The Morgan fingerprint density at radius 2 is 1.95 bits per heavy atom. The van der Waals surface area contributed by atoms with Gasteiger partial charge in [-0.25, -0.2) is 13.6 Å². The van der Waals surface area contributed by atoms with Gasteiger partial charge in [0, 0.05) is 13.6 Å². The molecule has 0 bridgehead atoms. The molecular weight excluding hydrogens is 278 g/mol. The van der Waals surface area contributed by atoms with Crippen molar-refractivity contribution in [3.8, 4) is 0 Å².